The van der Waals surface area contributed by atoms with Crippen LogP contribution in [-0.4, -0.2) is 31.9 Å². The van der Waals surface area contributed by atoms with Gasteiger partial charge in [0, 0.05) is 18.3 Å². The van der Waals surface area contributed by atoms with Crippen LogP contribution in [0, 0.1) is 0 Å². The van der Waals surface area contributed by atoms with E-state index in [2.05, 4.69) is 9.82 Å². The van der Waals surface area contributed by atoms with E-state index in [1.165, 1.54) is 12.3 Å². The number of nitrogens with one attached hydrogen (secondary N) is 1. The highest BCUT2D eigenvalue weighted by Gasteiger charge is 2.08. The van der Waals surface area contributed by atoms with Crippen LogP contribution in [0.4, 0.5) is 5.69 Å². The molecule has 1 aromatic heterocycles. The molecule has 1 aromatic carbocycles. The van der Waals surface area contributed by atoms with E-state index in [4.69, 9.17) is 16.3 Å². The Balaban J connectivity index is 2.05. The van der Waals surface area contributed by atoms with Crippen LogP contribution in [0.5, 0.6) is 0 Å². The fraction of sp³-hybridized carbons (Fsp3) is 0.214. The number of hydrogen-bond donors (Lipinski definition) is 1. The summed E-state index contributed by atoms with van der Waals surface area (Å²) in [6.45, 7) is 1.05. The molecule has 0 aliphatic rings. The van der Waals surface area contributed by atoms with Crippen LogP contribution in [0.25, 0.3) is 6.08 Å². The van der Waals surface area contributed by atoms with Crippen molar-refractivity contribution in [1.82, 2.24) is 9.78 Å². The third kappa shape index (κ3) is 4.87. The van der Waals surface area contributed by atoms with Crippen LogP contribution in [0.15, 0.2) is 42.1 Å². The van der Waals surface area contributed by atoms with Crippen molar-refractivity contribution < 1.29 is 13.2 Å². The molecule has 22 heavy (non-hydrogen) atoms. The second-order valence-corrected chi connectivity index (χ2v) is 6.43. The average Bonchev–Trinajstić information content (AvgIpc) is 2.91. The summed E-state index contributed by atoms with van der Waals surface area (Å²) in [6, 6.07) is 6.99. The van der Waals surface area contributed by atoms with Gasteiger partial charge in [0.05, 0.1) is 30.4 Å². The zero-order chi connectivity index (χ0) is 16.0. The highest BCUT2D eigenvalue weighted by atomic mass is 35.5. The standard InChI is InChI=1S/C14H16ClN3O3S/c1-21-8-7-18-11-13(10-16-18)17-22(19,20)9-6-12-4-2-3-5-14(12)15/h2-6,9-11,17H,7-8H2,1H3/b9-6-. The Labute approximate surface area is 134 Å². The first-order valence-corrected chi connectivity index (χ1v) is 8.39. The van der Waals surface area contributed by atoms with Gasteiger partial charge >= 0.3 is 0 Å². The van der Waals surface area contributed by atoms with Crippen LogP contribution in [0.1, 0.15) is 5.56 Å². The molecule has 0 saturated heterocycles. The van der Waals surface area contributed by atoms with Crippen molar-refractivity contribution in [1.29, 1.82) is 0 Å². The highest BCUT2D eigenvalue weighted by molar-refractivity contribution is 7.95. The topological polar surface area (TPSA) is 73.2 Å². The van der Waals surface area contributed by atoms with Crippen LogP contribution < -0.4 is 4.72 Å². The summed E-state index contributed by atoms with van der Waals surface area (Å²) in [5.41, 5.74) is 1.02. The molecule has 0 saturated carbocycles. The van der Waals surface area contributed by atoms with Gasteiger partial charge in [-0.3, -0.25) is 9.40 Å². The molecule has 2 aromatic rings. The van der Waals surface area contributed by atoms with Crippen molar-refractivity contribution in [2.24, 2.45) is 0 Å². The molecule has 0 amide bonds. The Hall–Kier alpha value is -1.83. The molecular formula is C14H16ClN3O3S. The fourth-order valence-corrected chi connectivity index (χ4v) is 2.72. The molecular weight excluding hydrogens is 326 g/mol. The van der Waals surface area contributed by atoms with Gasteiger partial charge in [-0.2, -0.15) is 5.10 Å². The van der Waals surface area contributed by atoms with Crippen molar-refractivity contribution in [3.63, 3.8) is 0 Å². The Kier molecular flexibility index (Phi) is 5.59. The van der Waals surface area contributed by atoms with Crippen molar-refractivity contribution in [2.45, 2.75) is 6.54 Å². The largest absolute Gasteiger partial charge is 0.383 e. The van der Waals surface area contributed by atoms with E-state index in [9.17, 15) is 8.42 Å². The minimum absolute atomic E-state index is 0.389. The Morgan fingerprint density at radius 3 is 2.91 bits per heavy atom. The van der Waals surface area contributed by atoms with E-state index in [1.54, 1.807) is 42.3 Å². The molecule has 1 N–H and O–H groups in total. The Bertz CT molecular complexity index is 756. The minimum atomic E-state index is -3.63. The maximum absolute atomic E-state index is 12.0. The second-order valence-electron chi connectivity index (χ2n) is 4.46. The van der Waals surface area contributed by atoms with Crippen LogP contribution in [0.3, 0.4) is 0 Å². The first-order chi connectivity index (χ1) is 10.5. The third-order valence-corrected chi connectivity index (χ3v) is 4.11. The van der Waals surface area contributed by atoms with E-state index < -0.39 is 10.0 Å². The highest BCUT2D eigenvalue weighted by Crippen LogP contribution is 2.17. The quantitative estimate of drug-likeness (QED) is 0.840. The lowest BCUT2D eigenvalue weighted by Gasteiger charge is -2.01. The SMILES string of the molecule is COCCn1cc(NS(=O)(=O)/C=C\c2ccccc2Cl)cn1. The number of sulfonamides is 1. The molecule has 0 spiro atoms. The third-order valence-electron chi connectivity index (χ3n) is 2.75. The molecule has 6 nitrogen and oxygen atoms in total. The first kappa shape index (κ1) is 16.5. The number of hydrogen-bond acceptors (Lipinski definition) is 4. The van der Waals surface area contributed by atoms with Gasteiger partial charge in [-0.25, -0.2) is 8.42 Å². The summed E-state index contributed by atoms with van der Waals surface area (Å²) >= 11 is 5.97. The van der Waals surface area contributed by atoms with E-state index >= 15 is 0 Å². The molecule has 1 heterocycles. The Morgan fingerprint density at radius 1 is 1.41 bits per heavy atom. The van der Waals surface area contributed by atoms with E-state index in [0.29, 0.717) is 29.4 Å². The number of ether oxygens (including phenoxy) is 1. The lowest BCUT2D eigenvalue weighted by Crippen LogP contribution is -2.08. The monoisotopic (exact) mass is 341 g/mol. The van der Waals surface area contributed by atoms with Crippen molar-refractivity contribution in [3.05, 3.63) is 52.7 Å². The van der Waals surface area contributed by atoms with Crippen molar-refractivity contribution in [2.75, 3.05) is 18.4 Å². The first-order valence-electron chi connectivity index (χ1n) is 6.47. The number of halogens is 1. The molecule has 118 valence electrons. The van der Waals surface area contributed by atoms with Gasteiger partial charge in [0.15, 0.2) is 0 Å². The lowest BCUT2D eigenvalue weighted by molar-refractivity contribution is 0.183. The minimum Gasteiger partial charge on any atom is -0.383 e. The van der Waals surface area contributed by atoms with Crippen LogP contribution in [0.2, 0.25) is 5.02 Å². The molecule has 0 fully saturated rings. The predicted octanol–water partition coefficient (Wildman–Crippen LogP) is 2.60. The Morgan fingerprint density at radius 2 is 2.18 bits per heavy atom. The molecule has 0 radical (unpaired) electrons. The average molecular weight is 342 g/mol. The number of anilines is 1. The molecule has 0 aliphatic heterocycles. The van der Waals surface area contributed by atoms with Gasteiger partial charge in [0.2, 0.25) is 0 Å². The molecule has 0 unspecified atom stereocenters. The van der Waals surface area contributed by atoms with Gasteiger partial charge in [-0.15, -0.1) is 0 Å². The van der Waals surface area contributed by atoms with Gasteiger partial charge in [-0.1, -0.05) is 29.8 Å². The second kappa shape index (κ2) is 7.44. The molecule has 8 heteroatoms. The maximum Gasteiger partial charge on any atom is 0.255 e. The summed E-state index contributed by atoms with van der Waals surface area (Å²) in [6.07, 6.45) is 4.48. The van der Waals surface area contributed by atoms with Gasteiger partial charge in [0.1, 0.15) is 0 Å². The van der Waals surface area contributed by atoms with E-state index in [1.807, 2.05) is 0 Å². The number of aromatic nitrogens is 2. The zero-order valence-corrected chi connectivity index (χ0v) is 13.5. The summed E-state index contributed by atoms with van der Waals surface area (Å²) in [5.74, 6) is 0. The number of rotatable bonds is 7. The summed E-state index contributed by atoms with van der Waals surface area (Å²) in [4.78, 5) is 0. The summed E-state index contributed by atoms with van der Waals surface area (Å²) < 4.78 is 33.0. The number of methoxy groups -OCH3 is 1. The van der Waals surface area contributed by atoms with Crippen LogP contribution >= 0.6 is 11.6 Å². The summed E-state index contributed by atoms with van der Waals surface area (Å²) in [7, 11) is -2.04. The van der Waals surface area contributed by atoms with E-state index in [-0.39, 0.29) is 0 Å². The molecule has 0 bridgehead atoms. The zero-order valence-electron chi connectivity index (χ0n) is 11.9. The lowest BCUT2D eigenvalue weighted by atomic mass is 10.2. The van der Waals surface area contributed by atoms with Crippen molar-refractivity contribution in [3.8, 4) is 0 Å². The molecule has 2 rings (SSSR count). The smallest absolute Gasteiger partial charge is 0.255 e. The predicted molar refractivity (Wildman–Crippen MR) is 87.1 cm³/mol. The van der Waals surface area contributed by atoms with Gasteiger partial charge in [0.25, 0.3) is 10.0 Å². The van der Waals surface area contributed by atoms with Crippen LogP contribution in [-0.2, 0) is 21.3 Å². The molecule has 0 aliphatic carbocycles. The maximum atomic E-state index is 12.0. The summed E-state index contributed by atoms with van der Waals surface area (Å²) in [5, 5.41) is 5.59. The van der Waals surface area contributed by atoms with Crippen molar-refractivity contribution >= 4 is 33.4 Å². The normalized spacial score (nSPS) is 11.9. The molecule has 0 atom stereocenters. The van der Waals surface area contributed by atoms with E-state index in [0.717, 1.165) is 5.41 Å². The number of nitrogens with zero attached hydrogens (tertiary/aromatic N) is 2. The van der Waals surface area contributed by atoms with Gasteiger partial charge in [-0.05, 0) is 17.7 Å². The van der Waals surface area contributed by atoms with Gasteiger partial charge < -0.3 is 4.74 Å². The number of benzene rings is 1. The fourth-order valence-electron chi connectivity index (χ4n) is 1.69.